The molecule has 7 heteroatoms. The molecule has 0 atom stereocenters. The number of rotatable bonds is 5. The van der Waals surface area contributed by atoms with Gasteiger partial charge in [-0.15, -0.1) is 0 Å². The Morgan fingerprint density at radius 1 is 1.08 bits per heavy atom. The highest BCUT2D eigenvalue weighted by Crippen LogP contribution is 2.19. The first kappa shape index (κ1) is 17.2. The zero-order chi connectivity index (χ0) is 18.5. The van der Waals surface area contributed by atoms with E-state index in [0.717, 1.165) is 5.56 Å². The molecule has 0 radical (unpaired) electrons. The van der Waals surface area contributed by atoms with E-state index in [-0.39, 0.29) is 17.6 Å². The van der Waals surface area contributed by atoms with Gasteiger partial charge in [0.25, 0.3) is 11.8 Å². The van der Waals surface area contributed by atoms with Crippen LogP contribution < -0.4 is 15.4 Å². The summed E-state index contributed by atoms with van der Waals surface area (Å²) in [5, 5.41) is 5.49. The lowest BCUT2D eigenvalue weighted by molar-refractivity contribution is 0.0993. The molecular formula is C19H17N3O4. The summed E-state index contributed by atoms with van der Waals surface area (Å²) in [6.07, 6.45) is 2.93. The fraction of sp³-hybridized carbons (Fsp3) is 0.105. The lowest BCUT2D eigenvalue weighted by Crippen LogP contribution is -2.15. The summed E-state index contributed by atoms with van der Waals surface area (Å²) in [6, 6.07) is 11.6. The monoisotopic (exact) mass is 351 g/mol. The molecule has 0 fully saturated rings. The first-order valence-corrected chi connectivity index (χ1v) is 7.83. The largest absolute Gasteiger partial charge is 0.481 e. The lowest BCUT2D eigenvalue weighted by atomic mass is 10.1. The molecule has 0 aliphatic rings. The molecule has 2 N–H and O–H groups in total. The number of amides is 2. The number of ether oxygens (including phenoxy) is 1. The average molecular weight is 351 g/mol. The molecule has 0 aliphatic heterocycles. The van der Waals surface area contributed by atoms with Crippen LogP contribution in [-0.4, -0.2) is 23.9 Å². The Morgan fingerprint density at radius 3 is 2.58 bits per heavy atom. The van der Waals surface area contributed by atoms with E-state index in [1.54, 1.807) is 42.5 Å². The lowest BCUT2D eigenvalue weighted by Gasteiger charge is -2.10. The molecule has 2 heterocycles. The molecule has 26 heavy (non-hydrogen) atoms. The summed E-state index contributed by atoms with van der Waals surface area (Å²) < 4.78 is 10.1. The number of hydrogen-bond donors (Lipinski definition) is 2. The van der Waals surface area contributed by atoms with Gasteiger partial charge in [-0.1, -0.05) is 6.07 Å². The Labute approximate surface area is 150 Å². The van der Waals surface area contributed by atoms with E-state index < -0.39 is 0 Å². The SMILES string of the molecule is COc1ccc(NC(=O)c2ccc(C)c(NC(=O)c3ccco3)c2)cn1. The van der Waals surface area contributed by atoms with Gasteiger partial charge in [0, 0.05) is 17.3 Å². The van der Waals surface area contributed by atoms with Crippen molar-refractivity contribution in [1.29, 1.82) is 0 Å². The van der Waals surface area contributed by atoms with Crippen LogP contribution in [-0.2, 0) is 0 Å². The van der Waals surface area contributed by atoms with Crippen molar-refractivity contribution in [3.63, 3.8) is 0 Å². The Morgan fingerprint density at radius 2 is 1.92 bits per heavy atom. The molecular weight excluding hydrogens is 334 g/mol. The number of carbonyl (C=O) groups is 2. The van der Waals surface area contributed by atoms with E-state index in [1.165, 1.54) is 19.6 Å². The number of aromatic nitrogens is 1. The number of nitrogens with zero attached hydrogens (tertiary/aromatic N) is 1. The molecule has 2 aromatic heterocycles. The third-order valence-corrected chi connectivity index (χ3v) is 3.70. The standard InChI is InChI=1S/C19H17N3O4/c1-12-5-6-13(10-15(12)22-19(24)16-4-3-9-26-16)18(23)21-14-7-8-17(25-2)20-11-14/h3-11H,1-2H3,(H,21,23)(H,22,24). The van der Waals surface area contributed by atoms with Gasteiger partial charge in [0.05, 0.1) is 25.3 Å². The maximum Gasteiger partial charge on any atom is 0.291 e. The minimum Gasteiger partial charge on any atom is -0.481 e. The van der Waals surface area contributed by atoms with Crippen LogP contribution in [0.1, 0.15) is 26.5 Å². The molecule has 132 valence electrons. The van der Waals surface area contributed by atoms with Crippen LogP contribution in [0.4, 0.5) is 11.4 Å². The average Bonchev–Trinajstić information content (AvgIpc) is 3.19. The molecule has 2 amide bonds. The fourth-order valence-electron chi connectivity index (χ4n) is 2.27. The van der Waals surface area contributed by atoms with E-state index in [1.807, 2.05) is 6.92 Å². The van der Waals surface area contributed by atoms with Gasteiger partial charge in [0.15, 0.2) is 5.76 Å². The van der Waals surface area contributed by atoms with Gasteiger partial charge in [0.1, 0.15) is 0 Å². The molecule has 0 aliphatic carbocycles. The van der Waals surface area contributed by atoms with E-state index in [9.17, 15) is 9.59 Å². The van der Waals surface area contributed by atoms with Crippen LogP contribution >= 0.6 is 0 Å². The van der Waals surface area contributed by atoms with Crippen LogP contribution in [0.5, 0.6) is 5.88 Å². The van der Waals surface area contributed by atoms with Gasteiger partial charge in [-0.2, -0.15) is 0 Å². The van der Waals surface area contributed by atoms with Crippen molar-refractivity contribution in [2.24, 2.45) is 0 Å². The molecule has 0 unspecified atom stereocenters. The van der Waals surface area contributed by atoms with Crippen molar-refractivity contribution in [2.75, 3.05) is 17.7 Å². The molecule has 7 nitrogen and oxygen atoms in total. The third kappa shape index (κ3) is 3.89. The molecule has 3 aromatic rings. The Kier molecular flexibility index (Phi) is 4.98. The van der Waals surface area contributed by atoms with Crippen LogP contribution in [0.25, 0.3) is 0 Å². The quantitative estimate of drug-likeness (QED) is 0.734. The van der Waals surface area contributed by atoms with Gasteiger partial charge in [-0.25, -0.2) is 4.98 Å². The number of methoxy groups -OCH3 is 1. The molecule has 0 saturated heterocycles. The van der Waals surface area contributed by atoms with Gasteiger partial charge in [0.2, 0.25) is 5.88 Å². The topological polar surface area (TPSA) is 93.5 Å². The van der Waals surface area contributed by atoms with Crippen LogP contribution in [0, 0.1) is 6.92 Å². The first-order valence-electron chi connectivity index (χ1n) is 7.83. The predicted molar refractivity (Wildman–Crippen MR) is 96.6 cm³/mol. The minimum atomic E-state index is -0.380. The van der Waals surface area contributed by atoms with Crippen LogP contribution in [0.15, 0.2) is 59.3 Å². The second-order valence-electron chi connectivity index (χ2n) is 5.50. The number of benzene rings is 1. The summed E-state index contributed by atoms with van der Waals surface area (Å²) in [6.45, 7) is 1.84. The number of aryl methyl sites for hydroxylation is 1. The van der Waals surface area contributed by atoms with Gasteiger partial charge in [-0.3, -0.25) is 9.59 Å². The van der Waals surface area contributed by atoms with E-state index in [4.69, 9.17) is 9.15 Å². The third-order valence-electron chi connectivity index (χ3n) is 3.70. The van der Waals surface area contributed by atoms with E-state index >= 15 is 0 Å². The number of nitrogens with one attached hydrogen (secondary N) is 2. The van der Waals surface area contributed by atoms with E-state index in [2.05, 4.69) is 15.6 Å². The van der Waals surface area contributed by atoms with Gasteiger partial charge >= 0.3 is 0 Å². The van der Waals surface area contributed by atoms with E-state index in [0.29, 0.717) is 22.8 Å². The van der Waals surface area contributed by atoms with Crippen molar-refractivity contribution in [1.82, 2.24) is 4.98 Å². The Balaban J connectivity index is 1.75. The highest BCUT2D eigenvalue weighted by Gasteiger charge is 2.13. The zero-order valence-electron chi connectivity index (χ0n) is 14.3. The minimum absolute atomic E-state index is 0.198. The molecule has 0 spiro atoms. The second kappa shape index (κ2) is 7.52. The molecule has 1 aromatic carbocycles. The summed E-state index contributed by atoms with van der Waals surface area (Å²) in [5.74, 6) is -0.0368. The number of hydrogen-bond acceptors (Lipinski definition) is 5. The number of pyridine rings is 1. The second-order valence-corrected chi connectivity index (χ2v) is 5.50. The van der Waals surface area contributed by atoms with Crippen LogP contribution in [0.2, 0.25) is 0 Å². The fourth-order valence-corrected chi connectivity index (χ4v) is 2.27. The maximum absolute atomic E-state index is 12.4. The number of furan rings is 1. The van der Waals surface area contributed by atoms with Crippen molar-refractivity contribution in [2.45, 2.75) is 6.92 Å². The Bertz CT molecular complexity index is 918. The van der Waals surface area contributed by atoms with Crippen molar-refractivity contribution in [3.05, 3.63) is 71.8 Å². The van der Waals surface area contributed by atoms with Crippen molar-refractivity contribution < 1.29 is 18.7 Å². The summed E-state index contributed by atoms with van der Waals surface area (Å²) in [7, 11) is 1.52. The van der Waals surface area contributed by atoms with Gasteiger partial charge < -0.3 is 19.8 Å². The van der Waals surface area contributed by atoms with Gasteiger partial charge in [-0.05, 0) is 42.8 Å². The predicted octanol–water partition coefficient (Wildman–Crippen LogP) is 3.50. The summed E-state index contributed by atoms with van der Waals surface area (Å²) in [5.41, 5.74) is 2.30. The smallest absolute Gasteiger partial charge is 0.291 e. The normalized spacial score (nSPS) is 10.2. The summed E-state index contributed by atoms with van der Waals surface area (Å²) >= 11 is 0. The van der Waals surface area contributed by atoms with Crippen molar-refractivity contribution >= 4 is 23.2 Å². The molecule has 0 bridgehead atoms. The number of carbonyl (C=O) groups excluding carboxylic acids is 2. The first-order chi connectivity index (χ1) is 12.6. The molecule has 3 rings (SSSR count). The molecule has 0 saturated carbocycles. The highest BCUT2D eigenvalue weighted by atomic mass is 16.5. The maximum atomic E-state index is 12.4. The summed E-state index contributed by atoms with van der Waals surface area (Å²) in [4.78, 5) is 28.6. The number of anilines is 2. The Hall–Kier alpha value is -3.61. The zero-order valence-corrected chi connectivity index (χ0v) is 14.3. The van der Waals surface area contributed by atoms with Crippen LogP contribution in [0.3, 0.4) is 0 Å². The van der Waals surface area contributed by atoms with Crippen molar-refractivity contribution in [3.8, 4) is 5.88 Å². The highest BCUT2D eigenvalue weighted by molar-refractivity contribution is 6.07.